The molecule has 186 valence electrons. The van der Waals surface area contributed by atoms with Gasteiger partial charge in [0.05, 0.1) is 5.41 Å². The highest BCUT2D eigenvalue weighted by molar-refractivity contribution is 5.76. The van der Waals surface area contributed by atoms with Gasteiger partial charge in [-0.2, -0.15) is 0 Å². The molecule has 5 aliphatic rings. The van der Waals surface area contributed by atoms with Crippen LogP contribution in [0, 0.1) is 56.2 Å². The van der Waals surface area contributed by atoms with Crippen LogP contribution >= 0.6 is 0 Å². The Morgan fingerprint density at radius 1 is 0.879 bits per heavy atom. The molecule has 0 heterocycles. The van der Waals surface area contributed by atoms with E-state index in [0.29, 0.717) is 10.8 Å². The van der Waals surface area contributed by atoms with Crippen LogP contribution in [0.4, 0.5) is 0 Å². The molecule has 4 saturated carbocycles. The summed E-state index contributed by atoms with van der Waals surface area (Å²) in [6, 6.07) is 0. The highest BCUT2D eigenvalue weighted by atomic mass is 16.4. The summed E-state index contributed by atoms with van der Waals surface area (Å²) in [5, 5.41) is 10.5. The molecule has 2 heteroatoms. The summed E-state index contributed by atoms with van der Waals surface area (Å²) in [6.07, 6.45) is 14.1. The third-order valence-corrected chi connectivity index (χ3v) is 13.6. The highest BCUT2D eigenvalue weighted by Crippen LogP contribution is 2.76. The average Bonchev–Trinajstić information content (AvgIpc) is 2.71. The molecule has 0 aliphatic heterocycles. The lowest BCUT2D eigenvalue weighted by molar-refractivity contribution is -0.195. The summed E-state index contributed by atoms with van der Waals surface area (Å²) in [6.45, 7) is 20.2. The standard InChI is InChI=1S/C31H50O2/c1-20-11-13-28(6)23(27(20,4)5)12-14-30(8)24(28)10-9-21-22-19-26(2,3)15-17-31(22,25(32)33)18-16-29(21,30)7/h9,20,22-24H,10-19H2,1-8H3,(H,32,33)/t20-,22?,23-,24?,28?,29+,30-,31?/m0/s1. The van der Waals surface area contributed by atoms with Crippen molar-refractivity contribution < 1.29 is 9.90 Å². The Morgan fingerprint density at radius 2 is 1.55 bits per heavy atom. The summed E-state index contributed by atoms with van der Waals surface area (Å²) in [5.41, 5.74) is 2.53. The molecule has 0 amide bonds. The van der Waals surface area contributed by atoms with Crippen LogP contribution in [-0.4, -0.2) is 11.1 Å². The fourth-order valence-corrected chi connectivity index (χ4v) is 10.8. The van der Waals surface area contributed by atoms with E-state index in [2.05, 4.69) is 61.5 Å². The van der Waals surface area contributed by atoms with Gasteiger partial charge in [-0.1, -0.05) is 67.0 Å². The van der Waals surface area contributed by atoms with E-state index in [1.165, 1.54) is 32.1 Å². The van der Waals surface area contributed by atoms with Crippen molar-refractivity contribution in [3.05, 3.63) is 11.6 Å². The van der Waals surface area contributed by atoms with E-state index in [-0.39, 0.29) is 22.2 Å². The lowest BCUT2D eigenvalue weighted by atomic mass is 9.33. The third-order valence-electron chi connectivity index (χ3n) is 13.6. The average molecular weight is 455 g/mol. The minimum Gasteiger partial charge on any atom is -0.481 e. The van der Waals surface area contributed by atoms with E-state index in [1.807, 2.05) is 0 Å². The van der Waals surface area contributed by atoms with Crippen LogP contribution in [0.25, 0.3) is 0 Å². The van der Waals surface area contributed by atoms with Crippen molar-refractivity contribution in [2.75, 3.05) is 0 Å². The summed E-state index contributed by atoms with van der Waals surface area (Å²) in [5.74, 6) is 2.04. The second-order valence-electron chi connectivity index (χ2n) is 15.4. The minimum absolute atomic E-state index is 0.147. The molecule has 4 fully saturated rings. The fraction of sp³-hybridized carbons (Fsp3) is 0.903. The molecule has 0 aromatic heterocycles. The SMILES string of the molecule is C[C@H]1CCC2(C)C3CC=C4C5CC(C)(C)CCC5(C(=O)O)CC[C@@]4(C)[C@@]3(C)CC[C@H]2C1(C)C. The molecule has 2 nitrogen and oxygen atoms in total. The van der Waals surface area contributed by atoms with Crippen LogP contribution in [0.15, 0.2) is 11.6 Å². The number of hydrogen-bond donors (Lipinski definition) is 1. The molecule has 0 radical (unpaired) electrons. The zero-order valence-electron chi connectivity index (χ0n) is 22.8. The van der Waals surface area contributed by atoms with Crippen LogP contribution in [0.5, 0.6) is 0 Å². The molecule has 1 N–H and O–H groups in total. The van der Waals surface area contributed by atoms with Gasteiger partial charge in [0.2, 0.25) is 0 Å². The van der Waals surface area contributed by atoms with Gasteiger partial charge >= 0.3 is 5.97 Å². The molecule has 0 bridgehead atoms. The van der Waals surface area contributed by atoms with Gasteiger partial charge in [-0.3, -0.25) is 4.79 Å². The van der Waals surface area contributed by atoms with Crippen LogP contribution in [0.1, 0.15) is 120 Å². The molecule has 0 saturated heterocycles. The molecular weight excluding hydrogens is 404 g/mol. The minimum atomic E-state index is -0.520. The van der Waals surface area contributed by atoms with Gasteiger partial charge in [0.15, 0.2) is 0 Å². The van der Waals surface area contributed by atoms with Crippen LogP contribution in [0.2, 0.25) is 0 Å². The first-order chi connectivity index (χ1) is 15.1. The zero-order valence-corrected chi connectivity index (χ0v) is 22.8. The Hall–Kier alpha value is -0.790. The number of carboxylic acid groups (broad SMARTS) is 1. The van der Waals surface area contributed by atoms with Crippen molar-refractivity contribution in [1.29, 1.82) is 0 Å². The van der Waals surface area contributed by atoms with Crippen molar-refractivity contribution in [3.8, 4) is 0 Å². The van der Waals surface area contributed by atoms with E-state index < -0.39 is 11.4 Å². The lowest BCUT2D eigenvalue weighted by Crippen LogP contribution is -2.64. The van der Waals surface area contributed by atoms with Gasteiger partial charge in [-0.05, 0) is 115 Å². The number of rotatable bonds is 1. The van der Waals surface area contributed by atoms with Gasteiger partial charge in [-0.25, -0.2) is 0 Å². The predicted molar refractivity (Wildman–Crippen MR) is 136 cm³/mol. The normalized spacial score (nSPS) is 52.4. The van der Waals surface area contributed by atoms with Crippen LogP contribution < -0.4 is 0 Å². The number of carboxylic acids is 1. The van der Waals surface area contributed by atoms with Crippen LogP contribution in [0.3, 0.4) is 0 Å². The molecule has 5 aliphatic carbocycles. The Labute approximate surface area is 203 Å². The maximum Gasteiger partial charge on any atom is 0.310 e. The molecule has 4 unspecified atom stereocenters. The first kappa shape index (κ1) is 23.9. The number of hydrogen-bond acceptors (Lipinski definition) is 1. The number of allylic oxidation sites excluding steroid dienone is 2. The quantitative estimate of drug-likeness (QED) is 0.403. The van der Waals surface area contributed by atoms with E-state index >= 15 is 0 Å². The Kier molecular flexibility index (Phi) is 5.01. The van der Waals surface area contributed by atoms with Crippen LogP contribution in [-0.2, 0) is 4.79 Å². The fourth-order valence-electron chi connectivity index (χ4n) is 10.8. The van der Waals surface area contributed by atoms with E-state index in [9.17, 15) is 9.90 Å². The van der Waals surface area contributed by atoms with Crippen molar-refractivity contribution in [1.82, 2.24) is 0 Å². The Balaban J connectivity index is 1.60. The number of aliphatic carboxylic acids is 1. The smallest absolute Gasteiger partial charge is 0.310 e. The predicted octanol–water partition coefficient (Wildman–Crippen LogP) is 8.51. The van der Waals surface area contributed by atoms with Gasteiger partial charge < -0.3 is 5.11 Å². The largest absolute Gasteiger partial charge is 0.481 e. The molecule has 0 aromatic rings. The number of fused-ring (bicyclic) bond motifs is 7. The van der Waals surface area contributed by atoms with Crippen molar-refractivity contribution in [2.45, 2.75) is 120 Å². The van der Waals surface area contributed by atoms with Crippen molar-refractivity contribution >= 4 is 5.97 Å². The molecule has 8 atom stereocenters. The molecule has 33 heavy (non-hydrogen) atoms. The summed E-state index contributed by atoms with van der Waals surface area (Å²) < 4.78 is 0. The van der Waals surface area contributed by atoms with E-state index in [0.717, 1.165) is 49.9 Å². The topological polar surface area (TPSA) is 37.3 Å². The molecule has 0 spiro atoms. The highest BCUT2D eigenvalue weighted by Gasteiger charge is 2.68. The van der Waals surface area contributed by atoms with Gasteiger partial charge in [0, 0.05) is 0 Å². The first-order valence-corrected chi connectivity index (χ1v) is 14.1. The summed E-state index contributed by atoms with van der Waals surface area (Å²) in [7, 11) is 0. The second kappa shape index (κ2) is 6.91. The van der Waals surface area contributed by atoms with Crippen molar-refractivity contribution in [3.63, 3.8) is 0 Å². The Bertz CT molecular complexity index is 881. The Morgan fingerprint density at radius 3 is 2.21 bits per heavy atom. The molecule has 0 aromatic carbocycles. The van der Waals surface area contributed by atoms with Gasteiger partial charge in [0.1, 0.15) is 0 Å². The maximum atomic E-state index is 12.8. The maximum absolute atomic E-state index is 12.8. The lowest BCUT2D eigenvalue weighted by Gasteiger charge is -2.71. The first-order valence-electron chi connectivity index (χ1n) is 14.1. The number of carbonyl (C=O) groups is 1. The van der Waals surface area contributed by atoms with E-state index in [1.54, 1.807) is 5.57 Å². The molecule has 5 rings (SSSR count). The summed E-state index contributed by atoms with van der Waals surface area (Å²) in [4.78, 5) is 12.8. The molecular formula is C31H50O2. The van der Waals surface area contributed by atoms with E-state index in [4.69, 9.17) is 0 Å². The van der Waals surface area contributed by atoms with Gasteiger partial charge in [-0.15, -0.1) is 0 Å². The zero-order chi connectivity index (χ0) is 24.2. The summed E-state index contributed by atoms with van der Waals surface area (Å²) >= 11 is 0. The monoisotopic (exact) mass is 454 g/mol. The second-order valence-corrected chi connectivity index (χ2v) is 15.4. The van der Waals surface area contributed by atoms with Crippen molar-refractivity contribution in [2.24, 2.45) is 56.2 Å². The van der Waals surface area contributed by atoms with Gasteiger partial charge in [0.25, 0.3) is 0 Å². The third kappa shape index (κ3) is 2.88.